The van der Waals surface area contributed by atoms with Crippen molar-refractivity contribution in [1.82, 2.24) is 19.4 Å². The van der Waals surface area contributed by atoms with Crippen molar-refractivity contribution in [3.63, 3.8) is 0 Å². The molecule has 2 aromatic carbocycles. The Morgan fingerprint density at radius 2 is 1.75 bits per heavy atom. The number of halogens is 1. The zero-order chi connectivity index (χ0) is 19.3. The van der Waals surface area contributed by atoms with Gasteiger partial charge in [0.05, 0.1) is 0 Å². The fraction of sp³-hybridized carbons (Fsp3) is 0.273. The molecule has 0 spiro atoms. The number of imidazole rings is 1. The molecule has 0 atom stereocenters. The number of piperazine rings is 1. The van der Waals surface area contributed by atoms with Crippen LogP contribution in [0.2, 0.25) is 5.02 Å². The summed E-state index contributed by atoms with van der Waals surface area (Å²) in [6.45, 7) is 5.05. The van der Waals surface area contributed by atoms with Gasteiger partial charge in [-0.05, 0) is 18.2 Å². The van der Waals surface area contributed by atoms with Crippen LogP contribution in [0.3, 0.4) is 0 Å². The quantitative estimate of drug-likeness (QED) is 0.663. The number of aromatic nitrogens is 2. The Morgan fingerprint density at radius 1 is 0.964 bits per heavy atom. The van der Waals surface area contributed by atoms with Crippen molar-refractivity contribution in [3.8, 4) is 11.4 Å². The van der Waals surface area contributed by atoms with E-state index in [0.717, 1.165) is 50.7 Å². The molecule has 1 saturated heterocycles. The SMILES string of the molecule is O=C(c1cccc(Cl)c1)N1CCN(CCn2ccnc2-c2ccccc2)CC1. The summed E-state index contributed by atoms with van der Waals surface area (Å²) >= 11 is 6.01. The van der Waals surface area contributed by atoms with E-state index in [9.17, 15) is 4.79 Å². The topological polar surface area (TPSA) is 41.4 Å². The fourth-order valence-electron chi connectivity index (χ4n) is 3.56. The van der Waals surface area contributed by atoms with E-state index in [1.54, 1.807) is 12.1 Å². The second kappa shape index (κ2) is 8.59. The molecule has 5 nitrogen and oxygen atoms in total. The van der Waals surface area contributed by atoms with Crippen molar-refractivity contribution in [2.24, 2.45) is 0 Å². The smallest absolute Gasteiger partial charge is 0.253 e. The zero-order valence-corrected chi connectivity index (χ0v) is 16.4. The lowest BCUT2D eigenvalue weighted by molar-refractivity contribution is 0.0633. The molecule has 1 aromatic heterocycles. The Balaban J connectivity index is 1.31. The molecule has 6 heteroatoms. The zero-order valence-electron chi connectivity index (χ0n) is 15.7. The summed E-state index contributed by atoms with van der Waals surface area (Å²) in [5, 5.41) is 0.596. The van der Waals surface area contributed by atoms with Gasteiger partial charge in [-0.3, -0.25) is 9.69 Å². The Labute approximate surface area is 170 Å². The lowest BCUT2D eigenvalue weighted by Crippen LogP contribution is -2.49. The molecule has 1 aliphatic rings. The third-order valence-electron chi connectivity index (χ3n) is 5.14. The summed E-state index contributed by atoms with van der Waals surface area (Å²) in [4.78, 5) is 21.5. The van der Waals surface area contributed by atoms with Crippen LogP contribution in [0.4, 0.5) is 0 Å². The molecular formula is C22H23ClN4O. The highest BCUT2D eigenvalue weighted by Crippen LogP contribution is 2.17. The van der Waals surface area contributed by atoms with E-state index >= 15 is 0 Å². The highest BCUT2D eigenvalue weighted by molar-refractivity contribution is 6.30. The average molecular weight is 395 g/mol. The molecule has 4 rings (SSSR count). The summed E-state index contributed by atoms with van der Waals surface area (Å²) in [6, 6.07) is 17.4. The van der Waals surface area contributed by atoms with Crippen LogP contribution in [0, 0.1) is 0 Å². The fourth-order valence-corrected chi connectivity index (χ4v) is 3.76. The third-order valence-corrected chi connectivity index (χ3v) is 5.37. The number of amides is 1. The highest BCUT2D eigenvalue weighted by atomic mass is 35.5. The van der Waals surface area contributed by atoms with Gasteiger partial charge in [0.15, 0.2) is 0 Å². The second-order valence-electron chi connectivity index (χ2n) is 6.95. The maximum atomic E-state index is 12.6. The van der Waals surface area contributed by atoms with Crippen molar-refractivity contribution in [1.29, 1.82) is 0 Å². The molecular weight excluding hydrogens is 372 g/mol. The van der Waals surface area contributed by atoms with Crippen LogP contribution in [0.5, 0.6) is 0 Å². The van der Waals surface area contributed by atoms with Crippen LogP contribution in [-0.2, 0) is 6.54 Å². The highest BCUT2D eigenvalue weighted by Gasteiger charge is 2.22. The molecule has 0 aliphatic carbocycles. The number of benzene rings is 2. The predicted octanol–water partition coefficient (Wildman–Crippen LogP) is 3.66. The van der Waals surface area contributed by atoms with Crippen LogP contribution < -0.4 is 0 Å². The summed E-state index contributed by atoms with van der Waals surface area (Å²) in [5.41, 5.74) is 1.79. The molecule has 2 heterocycles. The van der Waals surface area contributed by atoms with Crippen LogP contribution >= 0.6 is 11.6 Å². The van der Waals surface area contributed by atoms with Crippen molar-refractivity contribution >= 4 is 17.5 Å². The summed E-state index contributed by atoms with van der Waals surface area (Å²) in [5.74, 6) is 1.05. The average Bonchev–Trinajstić information content (AvgIpc) is 3.21. The van der Waals surface area contributed by atoms with Gasteiger partial charge >= 0.3 is 0 Å². The maximum absolute atomic E-state index is 12.6. The minimum absolute atomic E-state index is 0.0584. The molecule has 0 unspecified atom stereocenters. The van der Waals surface area contributed by atoms with Crippen LogP contribution in [-0.4, -0.2) is 58.0 Å². The van der Waals surface area contributed by atoms with Gasteiger partial charge in [-0.1, -0.05) is 48.0 Å². The van der Waals surface area contributed by atoms with Gasteiger partial charge in [-0.15, -0.1) is 0 Å². The number of nitrogens with zero attached hydrogens (tertiary/aromatic N) is 4. The molecule has 0 saturated carbocycles. The Hall–Kier alpha value is -2.63. The summed E-state index contributed by atoms with van der Waals surface area (Å²) in [6.07, 6.45) is 3.88. The molecule has 3 aromatic rings. The first-order chi connectivity index (χ1) is 13.7. The van der Waals surface area contributed by atoms with Crippen LogP contribution in [0.15, 0.2) is 67.0 Å². The van der Waals surface area contributed by atoms with Gasteiger partial charge in [0.2, 0.25) is 0 Å². The van der Waals surface area contributed by atoms with E-state index in [-0.39, 0.29) is 5.91 Å². The molecule has 0 bridgehead atoms. The first kappa shape index (κ1) is 18.7. The first-order valence-corrected chi connectivity index (χ1v) is 9.92. The van der Waals surface area contributed by atoms with Gasteiger partial charge in [0, 0.05) is 67.8 Å². The van der Waals surface area contributed by atoms with Crippen LogP contribution in [0.1, 0.15) is 10.4 Å². The molecule has 0 N–H and O–H groups in total. The molecule has 1 amide bonds. The normalized spacial score (nSPS) is 15.0. The monoisotopic (exact) mass is 394 g/mol. The van der Waals surface area contributed by atoms with Crippen LogP contribution in [0.25, 0.3) is 11.4 Å². The minimum atomic E-state index is 0.0584. The second-order valence-corrected chi connectivity index (χ2v) is 7.39. The van der Waals surface area contributed by atoms with E-state index in [2.05, 4.69) is 26.6 Å². The predicted molar refractivity (Wildman–Crippen MR) is 111 cm³/mol. The number of carbonyl (C=O) groups excluding carboxylic acids is 1. The standard InChI is InChI=1S/C22H23ClN4O/c23-20-8-4-7-19(17-20)22(28)27-15-12-25(13-16-27)11-14-26-10-9-24-21(26)18-5-2-1-3-6-18/h1-10,17H,11-16H2. The summed E-state index contributed by atoms with van der Waals surface area (Å²) in [7, 11) is 0. The lowest BCUT2D eigenvalue weighted by Gasteiger charge is -2.35. The molecule has 1 fully saturated rings. The van der Waals surface area contributed by atoms with Gasteiger partial charge in [-0.2, -0.15) is 0 Å². The van der Waals surface area contributed by atoms with Gasteiger partial charge in [0.1, 0.15) is 5.82 Å². The van der Waals surface area contributed by atoms with Crippen molar-refractivity contribution in [2.75, 3.05) is 32.7 Å². The van der Waals surface area contributed by atoms with Gasteiger partial charge in [-0.25, -0.2) is 4.98 Å². The third kappa shape index (κ3) is 4.26. The lowest BCUT2D eigenvalue weighted by atomic mass is 10.2. The Morgan fingerprint density at radius 3 is 2.50 bits per heavy atom. The van der Waals surface area contributed by atoms with E-state index < -0.39 is 0 Å². The largest absolute Gasteiger partial charge is 0.336 e. The molecule has 144 valence electrons. The van der Waals surface area contributed by atoms with E-state index in [4.69, 9.17) is 11.6 Å². The van der Waals surface area contributed by atoms with Crippen molar-refractivity contribution in [2.45, 2.75) is 6.54 Å². The molecule has 0 radical (unpaired) electrons. The molecule has 28 heavy (non-hydrogen) atoms. The van der Waals surface area contributed by atoms with Crippen molar-refractivity contribution < 1.29 is 4.79 Å². The van der Waals surface area contributed by atoms with Gasteiger partial charge in [0.25, 0.3) is 5.91 Å². The van der Waals surface area contributed by atoms with Gasteiger partial charge < -0.3 is 9.47 Å². The Kier molecular flexibility index (Phi) is 5.74. The summed E-state index contributed by atoms with van der Waals surface area (Å²) < 4.78 is 2.19. The van der Waals surface area contributed by atoms with E-state index in [1.165, 1.54) is 0 Å². The maximum Gasteiger partial charge on any atom is 0.253 e. The van der Waals surface area contributed by atoms with Crippen molar-refractivity contribution in [3.05, 3.63) is 77.6 Å². The molecule has 1 aliphatic heterocycles. The number of rotatable bonds is 5. The van der Waals surface area contributed by atoms with E-state index in [0.29, 0.717) is 10.6 Å². The van der Waals surface area contributed by atoms with E-state index in [1.807, 2.05) is 47.6 Å². The first-order valence-electron chi connectivity index (χ1n) is 9.54. The Bertz CT molecular complexity index is 932. The number of carbonyl (C=O) groups is 1. The minimum Gasteiger partial charge on any atom is -0.336 e. The number of hydrogen-bond donors (Lipinski definition) is 0. The number of hydrogen-bond acceptors (Lipinski definition) is 3.